The molecular weight excluding hydrogens is 130 g/mol. The van der Waals surface area contributed by atoms with Crippen LogP contribution in [0, 0.1) is 0 Å². The van der Waals surface area contributed by atoms with Gasteiger partial charge in [-0.1, -0.05) is 20.3 Å². The highest BCUT2D eigenvalue weighted by Crippen LogP contribution is 1.90. The van der Waals surface area contributed by atoms with Gasteiger partial charge >= 0.3 is 5.97 Å². The van der Waals surface area contributed by atoms with E-state index >= 15 is 0 Å². The Balaban J connectivity index is 0. The van der Waals surface area contributed by atoms with Crippen molar-refractivity contribution in [3.63, 3.8) is 0 Å². The summed E-state index contributed by atoms with van der Waals surface area (Å²) in [5, 5.41) is 0. The second-order valence-electron chi connectivity index (χ2n) is 1.93. The molecule has 10 heavy (non-hydrogen) atoms. The number of hydrogen-bond donors (Lipinski definition) is 1. The van der Waals surface area contributed by atoms with Crippen LogP contribution >= 0.6 is 0 Å². The first-order valence-electron chi connectivity index (χ1n) is 3.46. The molecule has 62 valence electrons. The van der Waals surface area contributed by atoms with E-state index in [2.05, 4.69) is 6.92 Å². The van der Waals surface area contributed by atoms with E-state index in [1.807, 2.05) is 0 Å². The summed E-state index contributed by atoms with van der Waals surface area (Å²) in [5.74, 6) is -0.0940. The van der Waals surface area contributed by atoms with Crippen LogP contribution in [0.15, 0.2) is 0 Å². The van der Waals surface area contributed by atoms with E-state index in [0.717, 1.165) is 12.8 Å². The fourth-order valence-electron chi connectivity index (χ4n) is 0.432. The first kappa shape index (κ1) is 12.1. The second kappa shape index (κ2) is 8.43. The van der Waals surface area contributed by atoms with E-state index in [1.165, 1.54) is 0 Å². The predicted octanol–water partition coefficient (Wildman–Crippen LogP) is 1.90. The van der Waals surface area contributed by atoms with Crippen LogP contribution in [-0.2, 0) is 9.53 Å². The van der Waals surface area contributed by atoms with E-state index in [-0.39, 0.29) is 12.1 Å². The highest BCUT2D eigenvalue weighted by molar-refractivity contribution is 5.68. The highest BCUT2D eigenvalue weighted by atomic mass is 16.5. The Kier molecular flexibility index (Phi) is 10.2. The van der Waals surface area contributed by atoms with Crippen molar-refractivity contribution in [1.29, 1.82) is 0 Å². The smallest absolute Gasteiger partial charge is 0.305 e. The van der Waals surface area contributed by atoms with Gasteiger partial charge < -0.3 is 10.9 Å². The minimum atomic E-state index is -0.0940. The lowest BCUT2D eigenvalue weighted by molar-refractivity contribution is -0.143. The molecule has 3 heteroatoms. The molecule has 0 fully saturated rings. The minimum absolute atomic E-state index is 0. The lowest BCUT2D eigenvalue weighted by Gasteiger charge is -1.99. The number of esters is 1. The van der Waals surface area contributed by atoms with E-state index in [0.29, 0.717) is 13.0 Å². The Morgan fingerprint density at radius 2 is 2.00 bits per heavy atom. The molecule has 0 unspecified atom stereocenters. The molecule has 0 spiro atoms. The lowest BCUT2D eigenvalue weighted by Crippen LogP contribution is -2.02. The number of unbranched alkanes of at least 4 members (excludes halogenated alkanes) is 1. The number of carbonyl (C=O) groups is 1. The van der Waals surface area contributed by atoms with Crippen LogP contribution < -0.4 is 6.15 Å². The van der Waals surface area contributed by atoms with Crippen molar-refractivity contribution in [3.05, 3.63) is 0 Å². The Labute approximate surface area is 62.3 Å². The molecule has 3 N–H and O–H groups in total. The van der Waals surface area contributed by atoms with Gasteiger partial charge in [0.25, 0.3) is 0 Å². The number of rotatable bonds is 4. The maximum atomic E-state index is 10.5. The van der Waals surface area contributed by atoms with Crippen molar-refractivity contribution in [1.82, 2.24) is 6.15 Å². The Morgan fingerprint density at radius 3 is 2.40 bits per heavy atom. The van der Waals surface area contributed by atoms with Crippen molar-refractivity contribution in [2.24, 2.45) is 0 Å². The van der Waals surface area contributed by atoms with E-state index in [1.54, 1.807) is 6.92 Å². The Bertz CT molecular complexity index is 83.7. The van der Waals surface area contributed by atoms with Crippen molar-refractivity contribution in [2.45, 2.75) is 33.1 Å². The van der Waals surface area contributed by atoms with Gasteiger partial charge in [-0.15, -0.1) is 0 Å². The van der Waals surface area contributed by atoms with Gasteiger partial charge in [-0.25, -0.2) is 0 Å². The molecule has 3 nitrogen and oxygen atoms in total. The average molecular weight is 147 g/mol. The third kappa shape index (κ3) is 7.43. The van der Waals surface area contributed by atoms with E-state index < -0.39 is 0 Å². The molecular formula is C7H17NO2. The van der Waals surface area contributed by atoms with Crippen molar-refractivity contribution in [3.8, 4) is 0 Å². The molecule has 0 radical (unpaired) electrons. The number of hydrogen-bond acceptors (Lipinski definition) is 3. The predicted molar refractivity (Wildman–Crippen MR) is 41.2 cm³/mol. The highest BCUT2D eigenvalue weighted by Gasteiger charge is 1.94. The molecule has 0 heterocycles. The van der Waals surface area contributed by atoms with Crippen molar-refractivity contribution < 1.29 is 9.53 Å². The zero-order valence-corrected chi connectivity index (χ0v) is 6.85. The first-order valence-corrected chi connectivity index (χ1v) is 3.46. The van der Waals surface area contributed by atoms with Crippen LogP contribution in [-0.4, -0.2) is 12.6 Å². The van der Waals surface area contributed by atoms with Crippen LogP contribution in [0.3, 0.4) is 0 Å². The molecule has 0 aliphatic rings. The van der Waals surface area contributed by atoms with Crippen LogP contribution in [0.5, 0.6) is 0 Å². The molecule has 0 aliphatic heterocycles. The summed E-state index contributed by atoms with van der Waals surface area (Å²) in [7, 11) is 0. The molecule has 0 aliphatic carbocycles. The van der Waals surface area contributed by atoms with E-state index in [4.69, 9.17) is 4.74 Å². The Hall–Kier alpha value is -0.570. The molecule has 0 aromatic rings. The Morgan fingerprint density at radius 1 is 1.40 bits per heavy atom. The zero-order chi connectivity index (χ0) is 7.11. The monoisotopic (exact) mass is 147 g/mol. The van der Waals surface area contributed by atoms with Gasteiger partial charge in [0.05, 0.1) is 6.61 Å². The first-order chi connectivity index (χ1) is 4.31. The molecule has 0 aromatic heterocycles. The summed E-state index contributed by atoms with van der Waals surface area (Å²) in [6.45, 7) is 4.46. The molecule has 0 saturated carbocycles. The summed E-state index contributed by atoms with van der Waals surface area (Å²) in [6, 6.07) is 0. The molecule has 0 saturated heterocycles. The fraction of sp³-hybridized carbons (Fsp3) is 0.857. The molecule has 0 amide bonds. The van der Waals surface area contributed by atoms with Gasteiger partial charge in [0.2, 0.25) is 0 Å². The van der Waals surface area contributed by atoms with Gasteiger partial charge in [-0.3, -0.25) is 4.79 Å². The largest absolute Gasteiger partial charge is 0.466 e. The molecule has 0 bridgehead atoms. The average Bonchev–Trinajstić information content (AvgIpc) is 1.89. The molecule has 0 aromatic carbocycles. The maximum Gasteiger partial charge on any atom is 0.305 e. The summed E-state index contributed by atoms with van der Waals surface area (Å²) in [4.78, 5) is 10.5. The van der Waals surface area contributed by atoms with Crippen LogP contribution in [0.25, 0.3) is 0 Å². The molecule has 0 atom stereocenters. The quantitative estimate of drug-likeness (QED) is 0.488. The topological polar surface area (TPSA) is 61.3 Å². The normalized spacial score (nSPS) is 8.20. The minimum Gasteiger partial charge on any atom is -0.466 e. The third-order valence-electron chi connectivity index (χ3n) is 1.05. The number of carbonyl (C=O) groups excluding carboxylic acids is 1. The van der Waals surface area contributed by atoms with Gasteiger partial charge in [-0.2, -0.15) is 0 Å². The molecule has 0 rings (SSSR count). The summed E-state index contributed by atoms with van der Waals surface area (Å²) in [5.41, 5.74) is 0. The number of ether oxygens (including phenoxy) is 1. The summed E-state index contributed by atoms with van der Waals surface area (Å²) in [6.07, 6.45) is 2.55. The summed E-state index contributed by atoms with van der Waals surface area (Å²) >= 11 is 0. The van der Waals surface area contributed by atoms with Gasteiger partial charge in [0, 0.05) is 6.42 Å². The zero-order valence-electron chi connectivity index (χ0n) is 6.85. The van der Waals surface area contributed by atoms with Crippen LogP contribution in [0.1, 0.15) is 33.1 Å². The second-order valence-corrected chi connectivity index (χ2v) is 1.93. The maximum absolute atomic E-state index is 10.5. The van der Waals surface area contributed by atoms with Crippen molar-refractivity contribution in [2.75, 3.05) is 6.61 Å². The van der Waals surface area contributed by atoms with Crippen molar-refractivity contribution >= 4 is 5.97 Å². The van der Waals surface area contributed by atoms with Gasteiger partial charge in [0.1, 0.15) is 0 Å². The third-order valence-corrected chi connectivity index (χ3v) is 1.05. The lowest BCUT2D eigenvalue weighted by atomic mass is 10.4. The van der Waals surface area contributed by atoms with Gasteiger partial charge in [-0.05, 0) is 6.42 Å². The van der Waals surface area contributed by atoms with Crippen LogP contribution in [0.2, 0.25) is 0 Å². The summed E-state index contributed by atoms with van der Waals surface area (Å²) < 4.78 is 4.79. The fourth-order valence-corrected chi connectivity index (χ4v) is 0.432. The SMILES string of the molecule is CCCCOC(=O)CC.N. The van der Waals surface area contributed by atoms with Crippen LogP contribution in [0.4, 0.5) is 0 Å². The standard InChI is InChI=1S/C7H14O2.H3N/c1-3-5-6-9-7(8)4-2;/h3-6H2,1-2H3;1H3. The van der Waals surface area contributed by atoms with E-state index in [9.17, 15) is 4.79 Å². The van der Waals surface area contributed by atoms with Gasteiger partial charge in [0.15, 0.2) is 0 Å².